The maximum atomic E-state index is 3.79. The van der Waals surface area contributed by atoms with Gasteiger partial charge >= 0.3 is 0 Å². The molecule has 5 aromatic carbocycles. The monoisotopic (exact) mass is 726 g/mol. The molecule has 4 aliphatic rings. The van der Waals surface area contributed by atoms with Crippen molar-refractivity contribution in [2.75, 3.05) is 0 Å². The first-order valence-corrected chi connectivity index (χ1v) is 20.5. The third-order valence-corrected chi connectivity index (χ3v) is 12.5. The molecule has 0 unspecified atom stereocenters. The van der Waals surface area contributed by atoms with Crippen molar-refractivity contribution in [3.63, 3.8) is 0 Å². The number of hydrogen-bond donors (Lipinski definition) is 0. The average molecular weight is 727 g/mol. The Labute approximate surface area is 335 Å². The molecule has 0 radical (unpaired) electrons. The quantitative estimate of drug-likeness (QED) is 0.150. The van der Waals surface area contributed by atoms with Crippen molar-refractivity contribution < 1.29 is 0 Å². The second kappa shape index (κ2) is 15.4. The maximum Gasteiger partial charge on any atom is 0.0162 e. The lowest BCUT2D eigenvalue weighted by molar-refractivity contribution is 0.654. The summed E-state index contributed by atoms with van der Waals surface area (Å²) in [5.74, 6) is 0. The predicted molar refractivity (Wildman–Crippen MR) is 243 cm³/mol. The standard InChI is InChI=1S/C29H24.C27H30/c1-18-8-10-19(11-9-18)20-12-13-24-25-15-14-23-22-7-5-4-6-21(22)16-26(23)28(25)29(2,3)27(24)17-20;1-5-7-11-22(6-2)24-16-14-20(3)26(18-24)27-19-25(17-15-21(27)4)23-12-9-8-10-13-23/h4-15,17H,16H2,1-3H3;5-7,9,11-14,16,18-19H,1,8,10,15,17H2,2-4H3/b;11-7-,22-6+. The topological polar surface area (TPSA) is 0 Å². The molecule has 9 rings (SSSR count). The van der Waals surface area contributed by atoms with E-state index in [0.717, 1.165) is 25.7 Å². The normalized spacial score (nSPS) is 16.4. The highest BCUT2D eigenvalue weighted by molar-refractivity contribution is 5.90. The Morgan fingerprint density at radius 1 is 0.732 bits per heavy atom. The molecule has 56 heavy (non-hydrogen) atoms. The first-order chi connectivity index (χ1) is 27.2. The van der Waals surface area contributed by atoms with Crippen LogP contribution in [0.4, 0.5) is 0 Å². The summed E-state index contributed by atoms with van der Waals surface area (Å²) in [4.78, 5) is 0. The molecule has 0 fully saturated rings. The lowest BCUT2D eigenvalue weighted by atomic mass is 9.78. The van der Waals surface area contributed by atoms with Crippen LogP contribution in [0, 0.1) is 13.8 Å². The van der Waals surface area contributed by atoms with Crippen molar-refractivity contribution in [3.05, 3.63) is 213 Å². The smallest absolute Gasteiger partial charge is 0.0162 e. The molecule has 0 aliphatic heterocycles. The zero-order valence-corrected chi connectivity index (χ0v) is 34.1. The van der Waals surface area contributed by atoms with Gasteiger partial charge < -0.3 is 0 Å². The fourth-order valence-electron chi connectivity index (χ4n) is 9.34. The second-order valence-electron chi connectivity index (χ2n) is 16.5. The van der Waals surface area contributed by atoms with Crippen molar-refractivity contribution in [1.29, 1.82) is 0 Å². The summed E-state index contributed by atoms with van der Waals surface area (Å²) in [6.45, 7) is 17.3. The van der Waals surface area contributed by atoms with Gasteiger partial charge in [0.25, 0.3) is 0 Å². The van der Waals surface area contributed by atoms with E-state index in [-0.39, 0.29) is 5.41 Å². The summed E-state index contributed by atoms with van der Waals surface area (Å²) in [6.07, 6.45) is 23.2. The lowest BCUT2D eigenvalue weighted by Gasteiger charge is -2.24. The summed E-state index contributed by atoms with van der Waals surface area (Å²) in [7, 11) is 0. The van der Waals surface area contributed by atoms with E-state index < -0.39 is 0 Å². The highest BCUT2D eigenvalue weighted by atomic mass is 14.4. The van der Waals surface area contributed by atoms with Gasteiger partial charge in [0.1, 0.15) is 0 Å². The molecule has 0 atom stereocenters. The molecule has 0 aromatic heterocycles. The van der Waals surface area contributed by atoms with E-state index in [1.54, 1.807) is 0 Å². The van der Waals surface area contributed by atoms with Crippen LogP contribution >= 0.6 is 0 Å². The predicted octanol–water partition coefficient (Wildman–Crippen LogP) is 15.5. The molecule has 0 saturated carbocycles. The van der Waals surface area contributed by atoms with Gasteiger partial charge in [0.15, 0.2) is 0 Å². The van der Waals surface area contributed by atoms with Gasteiger partial charge in [-0.3, -0.25) is 0 Å². The second-order valence-corrected chi connectivity index (χ2v) is 16.5. The van der Waals surface area contributed by atoms with E-state index in [1.165, 1.54) is 112 Å². The van der Waals surface area contributed by atoms with Crippen molar-refractivity contribution in [2.45, 2.75) is 79.1 Å². The Kier molecular flexibility index (Phi) is 10.3. The maximum absolute atomic E-state index is 3.79. The van der Waals surface area contributed by atoms with Crippen LogP contribution in [-0.2, 0) is 11.8 Å². The molecule has 0 bridgehead atoms. The first-order valence-electron chi connectivity index (χ1n) is 20.5. The Balaban J connectivity index is 0.000000158. The molecule has 0 spiro atoms. The average Bonchev–Trinajstić information content (AvgIpc) is 3.71. The summed E-state index contributed by atoms with van der Waals surface area (Å²) in [6, 6.07) is 36.3. The zero-order valence-electron chi connectivity index (χ0n) is 34.1. The van der Waals surface area contributed by atoms with Crippen LogP contribution in [-0.4, -0.2) is 0 Å². The van der Waals surface area contributed by atoms with Gasteiger partial charge in [-0.25, -0.2) is 0 Å². The Hall–Kier alpha value is -5.72. The van der Waals surface area contributed by atoms with E-state index >= 15 is 0 Å². The molecule has 278 valence electrons. The van der Waals surface area contributed by atoms with Gasteiger partial charge in [0.2, 0.25) is 0 Å². The van der Waals surface area contributed by atoms with E-state index in [2.05, 4.69) is 182 Å². The summed E-state index contributed by atoms with van der Waals surface area (Å²) in [5.41, 5.74) is 26.5. The fraction of sp³-hybridized carbons (Fsp3) is 0.214. The van der Waals surface area contributed by atoms with Crippen molar-refractivity contribution >= 4 is 11.1 Å². The molecule has 0 nitrogen and oxygen atoms in total. The summed E-state index contributed by atoms with van der Waals surface area (Å²) < 4.78 is 0. The molecule has 5 aromatic rings. The first kappa shape index (κ1) is 37.2. The Bertz CT molecular complexity index is 2550. The number of allylic oxidation sites excluding steroid dienone is 13. The highest BCUT2D eigenvalue weighted by Crippen LogP contribution is 2.54. The minimum absolute atomic E-state index is 0.0127. The van der Waals surface area contributed by atoms with Crippen LogP contribution in [0.2, 0.25) is 0 Å². The number of rotatable bonds is 6. The minimum atomic E-state index is 0.0127. The van der Waals surface area contributed by atoms with Gasteiger partial charge in [0, 0.05) is 5.41 Å². The number of aryl methyl sites for hydroxylation is 2. The summed E-state index contributed by atoms with van der Waals surface area (Å²) >= 11 is 0. The number of hydrogen-bond acceptors (Lipinski definition) is 0. The molecule has 0 heterocycles. The third kappa shape index (κ3) is 6.88. The van der Waals surface area contributed by atoms with Crippen LogP contribution < -0.4 is 0 Å². The van der Waals surface area contributed by atoms with Gasteiger partial charge in [-0.1, -0.05) is 165 Å². The fourth-order valence-corrected chi connectivity index (χ4v) is 9.34. The lowest BCUT2D eigenvalue weighted by Crippen LogP contribution is -2.17. The highest BCUT2D eigenvalue weighted by Gasteiger charge is 2.39. The molecule has 0 saturated heterocycles. The minimum Gasteiger partial charge on any atom is -0.0991 e. The van der Waals surface area contributed by atoms with Gasteiger partial charge in [-0.05, 0) is 167 Å². The van der Waals surface area contributed by atoms with E-state index in [0.29, 0.717) is 0 Å². The van der Waals surface area contributed by atoms with Crippen LogP contribution in [0.3, 0.4) is 0 Å². The molecule has 0 amide bonds. The van der Waals surface area contributed by atoms with E-state index in [4.69, 9.17) is 0 Å². The molecular formula is C56H54. The Morgan fingerprint density at radius 3 is 2.27 bits per heavy atom. The van der Waals surface area contributed by atoms with Gasteiger partial charge in [0.05, 0.1) is 0 Å². The van der Waals surface area contributed by atoms with Crippen LogP contribution in [0.25, 0.3) is 44.5 Å². The summed E-state index contributed by atoms with van der Waals surface area (Å²) in [5, 5.41) is 0. The van der Waals surface area contributed by atoms with Crippen LogP contribution in [0.1, 0.15) is 97.9 Å². The molecular weight excluding hydrogens is 673 g/mol. The van der Waals surface area contributed by atoms with Crippen molar-refractivity contribution in [3.8, 4) is 33.4 Å². The number of fused-ring (bicyclic) bond motifs is 7. The van der Waals surface area contributed by atoms with E-state index in [9.17, 15) is 0 Å². The molecule has 0 heteroatoms. The SMILES string of the molecule is C=C/C=C\C(=C/C)c1ccc(C)c(C2=C(C)CCC(C3=CCCC=C3)=C2)c1.Cc1ccc(-c2ccc3c(c2)C(C)(C)c2c-3ccc3c2Cc2ccccc2-3)cc1. The Morgan fingerprint density at radius 2 is 1.50 bits per heavy atom. The van der Waals surface area contributed by atoms with Gasteiger partial charge in [-0.2, -0.15) is 0 Å². The van der Waals surface area contributed by atoms with Crippen LogP contribution in [0.5, 0.6) is 0 Å². The van der Waals surface area contributed by atoms with Crippen LogP contribution in [0.15, 0.2) is 169 Å². The van der Waals surface area contributed by atoms with Crippen molar-refractivity contribution in [1.82, 2.24) is 0 Å². The number of benzene rings is 5. The van der Waals surface area contributed by atoms with Gasteiger partial charge in [-0.15, -0.1) is 0 Å². The molecule has 4 aliphatic carbocycles. The van der Waals surface area contributed by atoms with Crippen molar-refractivity contribution in [2.24, 2.45) is 0 Å². The third-order valence-electron chi connectivity index (χ3n) is 12.5. The molecule has 0 N–H and O–H groups in total. The zero-order chi connectivity index (χ0) is 39.0. The largest absolute Gasteiger partial charge is 0.0991 e. The van der Waals surface area contributed by atoms with E-state index in [1.807, 2.05) is 12.2 Å².